The van der Waals surface area contributed by atoms with E-state index >= 15 is 0 Å². The molecule has 2 aliphatic carbocycles. The number of carbonyl (C=O) groups is 1. The van der Waals surface area contributed by atoms with Crippen molar-refractivity contribution >= 4 is 5.91 Å². The minimum absolute atomic E-state index is 0.209. The van der Waals surface area contributed by atoms with Crippen LogP contribution in [0.3, 0.4) is 0 Å². The molecule has 18 heavy (non-hydrogen) atoms. The van der Waals surface area contributed by atoms with Crippen LogP contribution >= 0.6 is 0 Å². The van der Waals surface area contributed by atoms with Gasteiger partial charge in [-0.05, 0) is 51.0 Å². The van der Waals surface area contributed by atoms with Crippen LogP contribution in [0.4, 0.5) is 0 Å². The zero-order valence-electron chi connectivity index (χ0n) is 11.4. The molecule has 104 valence electrons. The van der Waals surface area contributed by atoms with Crippen LogP contribution in [0.5, 0.6) is 0 Å². The van der Waals surface area contributed by atoms with Gasteiger partial charge in [-0.15, -0.1) is 0 Å². The van der Waals surface area contributed by atoms with Crippen LogP contribution in [0.2, 0.25) is 0 Å². The largest absolute Gasteiger partial charge is 0.378 e. The third kappa shape index (κ3) is 3.45. The lowest BCUT2D eigenvalue weighted by Gasteiger charge is -2.34. The van der Waals surface area contributed by atoms with E-state index in [0.717, 1.165) is 32.3 Å². The Labute approximate surface area is 110 Å². The van der Waals surface area contributed by atoms with E-state index in [4.69, 9.17) is 10.5 Å². The van der Waals surface area contributed by atoms with Crippen LogP contribution in [0.25, 0.3) is 0 Å². The molecule has 4 heteroatoms. The van der Waals surface area contributed by atoms with Crippen LogP contribution in [-0.2, 0) is 9.53 Å². The first-order valence-electron chi connectivity index (χ1n) is 7.34. The van der Waals surface area contributed by atoms with E-state index in [1.807, 2.05) is 6.92 Å². The number of nitrogens with one attached hydrogen (secondary N) is 1. The van der Waals surface area contributed by atoms with Crippen molar-refractivity contribution in [2.75, 3.05) is 13.2 Å². The highest BCUT2D eigenvalue weighted by Crippen LogP contribution is 2.33. The van der Waals surface area contributed by atoms with Gasteiger partial charge in [0, 0.05) is 19.1 Å². The molecule has 0 saturated heterocycles. The lowest BCUT2D eigenvalue weighted by Crippen LogP contribution is -2.42. The lowest BCUT2D eigenvalue weighted by molar-refractivity contribution is -0.125. The third-order valence-corrected chi connectivity index (χ3v) is 4.38. The molecule has 2 rings (SSSR count). The van der Waals surface area contributed by atoms with Gasteiger partial charge in [-0.3, -0.25) is 4.79 Å². The monoisotopic (exact) mass is 254 g/mol. The molecule has 2 unspecified atom stereocenters. The smallest absolute Gasteiger partial charge is 0.220 e. The second kappa shape index (κ2) is 6.53. The maximum atomic E-state index is 11.9. The van der Waals surface area contributed by atoms with E-state index in [9.17, 15) is 4.79 Å². The molecule has 0 aliphatic heterocycles. The molecule has 0 aromatic carbocycles. The van der Waals surface area contributed by atoms with E-state index in [2.05, 4.69) is 5.32 Å². The van der Waals surface area contributed by atoms with Gasteiger partial charge in [-0.2, -0.15) is 0 Å². The van der Waals surface area contributed by atoms with Gasteiger partial charge in [0.25, 0.3) is 0 Å². The Hall–Kier alpha value is -0.610. The summed E-state index contributed by atoms with van der Waals surface area (Å²) in [6.45, 7) is 3.50. The lowest BCUT2D eigenvalue weighted by atomic mass is 9.80. The van der Waals surface area contributed by atoms with Gasteiger partial charge in [0.05, 0.1) is 6.10 Å². The number of nitrogens with two attached hydrogens (primary N) is 1. The fourth-order valence-corrected chi connectivity index (χ4v) is 3.25. The zero-order valence-corrected chi connectivity index (χ0v) is 11.4. The molecule has 2 saturated carbocycles. The Morgan fingerprint density at radius 1 is 1.39 bits per heavy atom. The van der Waals surface area contributed by atoms with Gasteiger partial charge in [0.15, 0.2) is 0 Å². The molecule has 0 bridgehead atoms. The highest BCUT2D eigenvalue weighted by Gasteiger charge is 2.33. The molecular formula is C14H26N2O2. The van der Waals surface area contributed by atoms with Crippen molar-refractivity contribution in [2.45, 2.75) is 57.6 Å². The molecule has 0 heterocycles. The zero-order chi connectivity index (χ0) is 13.0. The molecule has 0 aromatic rings. The topological polar surface area (TPSA) is 64.3 Å². The van der Waals surface area contributed by atoms with Crippen molar-refractivity contribution in [1.29, 1.82) is 0 Å². The molecular weight excluding hydrogens is 228 g/mol. The first-order chi connectivity index (χ1) is 8.72. The van der Waals surface area contributed by atoms with E-state index in [0.29, 0.717) is 36.9 Å². The summed E-state index contributed by atoms with van der Waals surface area (Å²) in [6.07, 6.45) is 6.62. The maximum Gasteiger partial charge on any atom is 0.220 e. The molecule has 2 fully saturated rings. The first-order valence-corrected chi connectivity index (χ1v) is 7.34. The first kappa shape index (κ1) is 13.8. The van der Waals surface area contributed by atoms with Gasteiger partial charge in [0.1, 0.15) is 0 Å². The molecule has 4 nitrogen and oxygen atoms in total. The highest BCUT2D eigenvalue weighted by molar-refractivity contribution is 5.76. The Balaban J connectivity index is 1.64. The van der Waals surface area contributed by atoms with Gasteiger partial charge >= 0.3 is 0 Å². The van der Waals surface area contributed by atoms with Crippen LogP contribution in [0, 0.1) is 11.8 Å². The Morgan fingerprint density at radius 3 is 2.83 bits per heavy atom. The SMILES string of the molecule is CCOC1CC(CC(=O)NC2CCCC2CN)C1. The summed E-state index contributed by atoms with van der Waals surface area (Å²) in [6, 6.07) is 0.324. The summed E-state index contributed by atoms with van der Waals surface area (Å²) >= 11 is 0. The van der Waals surface area contributed by atoms with E-state index in [1.165, 1.54) is 6.42 Å². The number of rotatable bonds is 6. The van der Waals surface area contributed by atoms with Gasteiger partial charge in [0.2, 0.25) is 5.91 Å². The van der Waals surface area contributed by atoms with Crippen LogP contribution in [0.1, 0.15) is 45.4 Å². The second-order valence-corrected chi connectivity index (χ2v) is 5.72. The fourth-order valence-electron chi connectivity index (χ4n) is 3.25. The summed E-state index contributed by atoms with van der Waals surface area (Å²) in [7, 11) is 0. The molecule has 0 aromatic heterocycles. The van der Waals surface area contributed by atoms with Crippen molar-refractivity contribution in [2.24, 2.45) is 17.6 Å². The predicted octanol–water partition coefficient (Wildman–Crippen LogP) is 1.44. The van der Waals surface area contributed by atoms with E-state index in [-0.39, 0.29) is 5.91 Å². The number of hydrogen-bond acceptors (Lipinski definition) is 3. The molecule has 0 spiro atoms. The molecule has 3 N–H and O–H groups in total. The van der Waals surface area contributed by atoms with Crippen LogP contribution in [-0.4, -0.2) is 31.2 Å². The van der Waals surface area contributed by atoms with Crippen molar-refractivity contribution in [3.05, 3.63) is 0 Å². The quantitative estimate of drug-likeness (QED) is 0.754. The molecule has 2 atom stereocenters. The van der Waals surface area contributed by atoms with Gasteiger partial charge < -0.3 is 15.8 Å². The predicted molar refractivity (Wildman–Crippen MR) is 71.1 cm³/mol. The molecule has 1 amide bonds. The summed E-state index contributed by atoms with van der Waals surface area (Å²) < 4.78 is 5.51. The Kier molecular flexibility index (Phi) is 5.01. The highest BCUT2D eigenvalue weighted by atomic mass is 16.5. The summed E-state index contributed by atoms with van der Waals surface area (Å²) in [4.78, 5) is 11.9. The third-order valence-electron chi connectivity index (χ3n) is 4.38. The van der Waals surface area contributed by atoms with Crippen molar-refractivity contribution in [3.63, 3.8) is 0 Å². The summed E-state index contributed by atoms with van der Waals surface area (Å²) in [5.74, 6) is 1.23. The average Bonchev–Trinajstić information content (AvgIpc) is 2.73. The van der Waals surface area contributed by atoms with Gasteiger partial charge in [-0.25, -0.2) is 0 Å². The van der Waals surface area contributed by atoms with Crippen molar-refractivity contribution in [3.8, 4) is 0 Å². The minimum atomic E-state index is 0.209. The summed E-state index contributed by atoms with van der Waals surface area (Å²) in [5.41, 5.74) is 5.72. The van der Waals surface area contributed by atoms with E-state index < -0.39 is 0 Å². The van der Waals surface area contributed by atoms with Crippen molar-refractivity contribution < 1.29 is 9.53 Å². The van der Waals surface area contributed by atoms with Crippen LogP contribution < -0.4 is 11.1 Å². The second-order valence-electron chi connectivity index (χ2n) is 5.72. The van der Waals surface area contributed by atoms with Crippen LogP contribution in [0.15, 0.2) is 0 Å². The standard InChI is InChI=1S/C14H26N2O2/c1-2-18-12-6-10(7-12)8-14(17)16-13-5-3-4-11(13)9-15/h10-13H,2-9,15H2,1H3,(H,16,17). The van der Waals surface area contributed by atoms with E-state index in [1.54, 1.807) is 0 Å². The summed E-state index contributed by atoms with van der Waals surface area (Å²) in [5, 5.41) is 3.17. The maximum absolute atomic E-state index is 11.9. The number of hydrogen-bond donors (Lipinski definition) is 2. The minimum Gasteiger partial charge on any atom is -0.378 e. The number of amides is 1. The van der Waals surface area contributed by atoms with Gasteiger partial charge in [-0.1, -0.05) is 6.42 Å². The average molecular weight is 254 g/mol. The number of ether oxygens (including phenoxy) is 1. The normalized spacial score (nSPS) is 35.2. The Bertz CT molecular complexity index is 277. The van der Waals surface area contributed by atoms with Crippen molar-refractivity contribution in [1.82, 2.24) is 5.32 Å². The fraction of sp³-hybridized carbons (Fsp3) is 0.929. The molecule has 0 radical (unpaired) electrons. The number of carbonyl (C=O) groups excluding carboxylic acids is 1. The Morgan fingerprint density at radius 2 is 2.17 bits per heavy atom. The molecule has 2 aliphatic rings.